The van der Waals surface area contributed by atoms with Gasteiger partial charge in [-0.3, -0.25) is 4.79 Å². The van der Waals surface area contributed by atoms with Gasteiger partial charge in [-0.15, -0.1) is 5.10 Å². The molecule has 0 fully saturated rings. The molecule has 0 spiro atoms. The molecule has 3 rings (SSSR count). The van der Waals surface area contributed by atoms with Gasteiger partial charge >= 0.3 is 0 Å². The predicted molar refractivity (Wildman–Crippen MR) is 101 cm³/mol. The largest absolute Gasteiger partial charge is 0.492 e. The third-order valence-corrected chi connectivity index (χ3v) is 4.22. The lowest BCUT2D eigenvalue weighted by Crippen LogP contribution is -2.16. The molecule has 0 aliphatic heterocycles. The highest BCUT2D eigenvalue weighted by atomic mass is 16.5. The zero-order valence-corrected chi connectivity index (χ0v) is 15.4. The molecule has 0 saturated heterocycles. The molecule has 134 valence electrons. The van der Waals surface area contributed by atoms with Gasteiger partial charge in [-0.05, 0) is 51.0 Å². The predicted octanol–water partition coefficient (Wildman–Crippen LogP) is 3.84. The lowest BCUT2D eigenvalue weighted by atomic mass is 10.1. The number of ether oxygens (including phenoxy) is 1. The Kier molecular flexibility index (Phi) is 5.02. The van der Waals surface area contributed by atoms with Crippen LogP contribution in [0.4, 0.5) is 5.69 Å². The summed E-state index contributed by atoms with van der Waals surface area (Å²) in [4.78, 5) is 12.7. The summed E-state index contributed by atoms with van der Waals surface area (Å²) >= 11 is 0. The standard InChI is InChI=1S/C20H22N4O2/c1-5-26-17-12-7-6-11-16(17)24-15(4)19(22-23-24)20(25)21-18-13(2)9-8-10-14(18)3/h6-12H,5H2,1-4H3,(H,21,25). The van der Waals surface area contributed by atoms with Crippen LogP contribution in [0.15, 0.2) is 42.5 Å². The first-order chi connectivity index (χ1) is 12.5. The fourth-order valence-electron chi connectivity index (χ4n) is 2.86. The molecule has 3 aromatic rings. The fraction of sp³-hybridized carbons (Fsp3) is 0.250. The number of benzene rings is 2. The van der Waals surface area contributed by atoms with Crippen molar-refractivity contribution in [2.24, 2.45) is 0 Å². The Morgan fingerprint density at radius 3 is 2.46 bits per heavy atom. The SMILES string of the molecule is CCOc1ccccc1-n1nnc(C(=O)Nc2c(C)cccc2C)c1C. The molecule has 1 N–H and O–H groups in total. The van der Waals surface area contributed by atoms with E-state index < -0.39 is 0 Å². The summed E-state index contributed by atoms with van der Waals surface area (Å²) < 4.78 is 7.28. The van der Waals surface area contributed by atoms with E-state index in [1.54, 1.807) is 4.68 Å². The molecule has 0 unspecified atom stereocenters. The Labute approximate surface area is 152 Å². The van der Waals surface area contributed by atoms with Crippen LogP contribution in [0.2, 0.25) is 0 Å². The van der Waals surface area contributed by atoms with Crippen LogP contribution in [0.25, 0.3) is 5.69 Å². The molecule has 1 aromatic heterocycles. The molecule has 1 heterocycles. The summed E-state index contributed by atoms with van der Waals surface area (Å²) in [7, 11) is 0. The van der Waals surface area contributed by atoms with Crippen LogP contribution >= 0.6 is 0 Å². The Bertz CT molecular complexity index is 926. The van der Waals surface area contributed by atoms with Gasteiger partial charge in [0.25, 0.3) is 5.91 Å². The zero-order valence-electron chi connectivity index (χ0n) is 15.4. The van der Waals surface area contributed by atoms with Crippen molar-refractivity contribution in [3.63, 3.8) is 0 Å². The van der Waals surface area contributed by atoms with Crippen LogP contribution < -0.4 is 10.1 Å². The van der Waals surface area contributed by atoms with E-state index in [0.717, 1.165) is 22.5 Å². The van der Waals surface area contributed by atoms with Gasteiger partial charge in [0.05, 0.1) is 12.3 Å². The van der Waals surface area contributed by atoms with E-state index in [1.165, 1.54) is 0 Å². The number of hydrogen-bond acceptors (Lipinski definition) is 4. The van der Waals surface area contributed by atoms with E-state index in [2.05, 4.69) is 15.6 Å². The lowest BCUT2D eigenvalue weighted by Gasteiger charge is -2.12. The van der Waals surface area contributed by atoms with Crippen molar-refractivity contribution in [3.05, 3.63) is 65.0 Å². The minimum atomic E-state index is -0.278. The number of nitrogens with one attached hydrogen (secondary N) is 1. The van der Waals surface area contributed by atoms with Crippen molar-refractivity contribution >= 4 is 11.6 Å². The van der Waals surface area contributed by atoms with Gasteiger partial charge in [0.1, 0.15) is 11.4 Å². The number of para-hydroxylation sites is 3. The van der Waals surface area contributed by atoms with Crippen LogP contribution in [0.3, 0.4) is 0 Å². The highest BCUT2D eigenvalue weighted by molar-refractivity contribution is 6.04. The van der Waals surface area contributed by atoms with Crippen molar-refractivity contribution < 1.29 is 9.53 Å². The quantitative estimate of drug-likeness (QED) is 0.759. The Morgan fingerprint density at radius 1 is 1.08 bits per heavy atom. The summed E-state index contributed by atoms with van der Waals surface area (Å²) in [5.41, 5.74) is 4.52. The monoisotopic (exact) mass is 350 g/mol. The summed E-state index contributed by atoms with van der Waals surface area (Å²) in [5, 5.41) is 11.2. The van der Waals surface area contributed by atoms with Gasteiger partial charge in [-0.25, -0.2) is 4.68 Å². The molecule has 0 saturated carbocycles. The Hall–Kier alpha value is -3.15. The average Bonchev–Trinajstić information content (AvgIpc) is 3.00. The summed E-state index contributed by atoms with van der Waals surface area (Å²) in [6, 6.07) is 13.4. The smallest absolute Gasteiger partial charge is 0.278 e. The maximum atomic E-state index is 12.7. The number of anilines is 1. The highest BCUT2D eigenvalue weighted by Gasteiger charge is 2.20. The minimum Gasteiger partial charge on any atom is -0.492 e. The maximum absolute atomic E-state index is 12.7. The summed E-state index contributed by atoms with van der Waals surface area (Å²) in [6.45, 7) is 8.22. The number of amides is 1. The van der Waals surface area contributed by atoms with Gasteiger partial charge in [0.2, 0.25) is 0 Å². The van der Waals surface area contributed by atoms with Gasteiger partial charge in [0, 0.05) is 5.69 Å². The number of carbonyl (C=O) groups excluding carboxylic acids is 1. The molecule has 0 radical (unpaired) electrons. The van der Waals surface area contributed by atoms with Crippen molar-refractivity contribution in [1.29, 1.82) is 0 Å². The average molecular weight is 350 g/mol. The minimum absolute atomic E-state index is 0.278. The highest BCUT2D eigenvalue weighted by Crippen LogP contribution is 2.25. The first kappa shape index (κ1) is 17.7. The topological polar surface area (TPSA) is 69.0 Å². The summed E-state index contributed by atoms with van der Waals surface area (Å²) in [5.74, 6) is 0.421. The molecule has 26 heavy (non-hydrogen) atoms. The Morgan fingerprint density at radius 2 is 1.77 bits per heavy atom. The van der Waals surface area contributed by atoms with E-state index in [4.69, 9.17) is 4.74 Å². The second-order valence-electron chi connectivity index (χ2n) is 6.06. The molecule has 0 aliphatic carbocycles. The molecule has 6 heteroatoms. The lowest BCUT2D eigenvalue weighted by molar-refractivity contribution is 0.102. The van der Waals surface area contributed by atoms with Crippen molar-refractivity contribution in [1.82, 2.24) is 15.0 Å². The molecule has 0 bridgehead atoms. The molecule has 0 aliphatic rings. The molecule has 1 amide bonds. The van der Waals surface area contributed by atoms with Crippen LogP contribution in [0.1, 0.15) is 34.2 Å². The first-order valence-corrected chi connectivity index (χ1v) is 8.55. The summed E-state index contributed by atoms with van der Waals surface area (Å²) in [6.07, 6.45) is 0. The van der Waals surface area contributed by atoms with E-state index in [1.807, 2.05) is 70.2 Å². The van der Waals surface area contributed by atoms with Gasteiger partial charge in [-0.2, -0.15) is 0 Å². The number of aromatic nitrogens is 3. The molecular formula is C20H22N4O2. The number of nitrogens with zero attached hydrogens (tertiary/aromatic N) is 3. The van der Waals surface area contributed by atoms with Crippen LogP contribution in [-0.2, 0) is 0 Å². The number of rotatable bonds is 5. The zero-order chi connectivity index (χ0) is 18.7. The normalized spacial score (nSPS) is 10.6. The van der Waals surface area contributed by atoms with Gasteiger partial charge in [-0.1, -0.05) is 35.5 Å². The van der Waals surface area contributed by atoms with Crippen LogP contribution in [-0.4, -0.2) is 27.5 Å². The van der Waals surface area contributed by atoms with Crippen molar-refractivity contribution in [3.8, 4) is 11.4 Å². The van der Waals surface area contributed by atoms with Crippen molar-refractivity contribution in [2.45, 2.75) is 27.7 Å². The van der Waals surface area contributed by atoms with Crippen LogP contribution in [0, 0.1) is 20.8 Å². The second kappa shape index (κ2) is 7.39. The third kappa shape index (κ3) is 3.31. The fourth-order valence-corrected chi connectivity index (χ4v) is 2.86. The van der Waals surface area contributed by atoms with Crippen LogP contribution in [0.5, 0.6) is 5.75 Å². The van der Waals surface area contributed by atoms with Gasteiger partial charge in [0.15, 0.2) is 5.69 Å². The molecule has 2 aromatic carbocycles. The molecule has 6 nitrogen and oxygen atoms in total. The van der Waals surface area contributed by atoms with E-state index in [9.17, 15) is 4.79 Å². The Balaban J connectivity index is 1.93. The third-order valence-electron chi connectivity index (χ3n) is 4.22. The number of aryl methyl sites for hydroxylation is 2. The van der Waals surface area contributed by atoms with E-state index in [-0.39, 0.29) is 5.91 Å². The molecular weight excluding hydrogens is 328 g/mol. The maximum Gasteiger partial charge on any atom is 0.278 e. The van der Waals surface area contributed by atoms with E-state index in [0.29, 0.717) is 23.7 Å². The van der Waals surface area contributed by atoms with Crippen molar-refractivity contribution in [2.75, 3.05) is 11.9 Å². The van der Waals surface area contributed by atoms with E-state index >= 15 is 0 Å². The number of hydrogen-bond donors (Lipinski definition) is 1. The second-order valence-corrected chi connectivity index (χ2v) is 6.06. The van der Waals surface area contributed by atoms with Gasteiger partial charge < -0.3 is 10.1 Å². The number of carbonyl (C=O) groups is 1. The first-order valence-electron chi connectivity index (χ1n) is 8.55. The molecule has 0 atom stereocenters.